The van der Waals surface area contributed by atoms with Crippen molar-refractivity contribution in [2.45, 2.75) is 44.2 Å². The van der Waals surface area contributed by atoms with Crippen molar-refractivity contribution in [3.05, 3.63) is 0 Å². The molecule has 17 heavy (non-hydrogen) atoms. The van der Waals surface area contributed by atoms with E-state index in [0.717, 1.165) is 32.2 Å². The van der Waals surface area contributed by atoms with Crippen molar-refractivity contribution in [2.75, 3.05) is 32.7 Å². The normalized spacial score (nSPS) is 29.4. The molecule has 4 heteroatoms. The third kappa shape index (κ3) is 2.80. The van der Waals surface area contributed by atoms with E-state index in [1.165, 1.54) is 32.2 Å². The van der Waals surface area contributed by atoms with Gasteiger partial charge in [-0.2, -0.15) is 0 Å². The number of hydrogen-bond donors (Lipinski definition) is 1. The van der Waals surface area contributed by atoms with E-state index in [4.69, 9.17) is 0 Å². The summed E-state index contributed by atoms with van der Waals surface area (Å²) < 4.78 is 0. The lowest BCUT2D eigenvalue weighted by molar-refractivity contribution is -0.133. The highest BCUT2D eigenvalue weighted by atomic mass is 16.2. The molecule has 2 heterocycles. The van der Waals surface area contributed by atoms with Gasteiger partial charge in [0.15, 0.2) is 0 Å². The average Bonchev–Trinajstić information content (AvgIpc) is 3.04. The Bertz CT molecular complexity index is 290. The van der Waals surface area contributed by atoms with E-state index >= 15 is 0 Å². The van der Waals surface area contributed by atoms with E-state index in [-0.39, 0.29) is 0 Å². The van der Waals surface area contributed by atoms with Gasteiger partial charge in [0, 0.05) is 44.7 Å². The van der Waals surface area contributed by atoms with Crippen LogP contribution in [0.1, 0.15) is 32.1 Å². The minimum atomic E-state index is 0.352. The van der Waals surface area contributed by atoms with E-state index in [1.54, 1.807) is 0 Å². The van der Waals surface area contributed by atoms with Crippen LogP contribution in [0.2, 0.25) is 0 Å². The van der Waals surface area contributed by atoms with Crippen LogP contribution in [0.25, 0.3) is 0 Å². The van der Waals surface area contributed by atoms with Gasteiger partial charge in [-0.05, 0) is 32.2 Å². The first kappa shape index (κ1) is 11.5. The summed E-state index contributed by atoms with van der Waals surface area (Å²) in [5.74, 6) is 0.352. The minimum absolute atomic E-state index is 0.352. The van der Waals surface area contributed by atoms with Crippen LogP contribution < -0.4 is 5.32 Å². The second-order valence-electron chi connectivity index (χ2n) is 5.65. The molecule has 1 atom stereocenters. The Morgan fingerprint density at radius 1 is 1.18 bits per heavy atom. The number of carbonyl (C=O) groups excluding carboxylic acids is 1. The molecule has 3 aliphatic rings. The number of rotatable bonds is 4. The van der Waals surface area contributed by atoms with E-state index in [2.05, 4.69) is 15.1 Å². The summed E-state index contributed by atoms with van der Waals surface area (Å²) in [6, 6.07) is 1.37. The summed E-state index contributed by atoms with van der Waals surface area (Å²) in [5.41, 5.74) is 0. The van der Waals surface area contributed by atoms with Gasteiger partial charge in [-0.1, -0.05) is 0 Å². The fourth-order valence-electron chi connectivity index (χ4n) is 3.05. The smallest absolute Gasteiger partial charge is 0.223 e. The molecule has 3 fully saturated rings. The molecular formula is C13H23N3O. The van der Waals surface area contributed by atoms with Gasteiger partial charge in [0.05, 0.1) is 0 Å². The first-order valence-corrected chi connectivity index (χ1v) is 7.08. The highest BCUT2D eigenvalue weighted by Gasteiger charge is 2.32. The molecule has 1 N–H and O–H groups in total. The van der Waals surface area contributed by atoms with Gasteiger partial charge in [0.25, 0.3) is 0 Å². The van der Waals surface area contributed by atoms with Crippen LogP contribution in [0.15, 0.2) is 0 Å². The number of nitrogens with one attached hydrogen (secondary N) is 1. The molecule has 0 bridgehead atoms. The molecule has 3 rings (SSSR count). The number of fused-ring (bicyclic) bond motifs is 1. The van der Waals surface area contributed by atoms with Crippen molar-refractivity contribution in [2.24, 2.45) is 0 Å². The highest BCUT2D eigenvalue weighted by Crippen LogP contribution is 2.22. The predicted molar refractivity (Wildman–Crippen MR) is 66.8 cm³/mol. The van der Waals surface area contributed by atoms with Gasteiger partial charge in [-0.25, -0.2) is 0 Å². The van der Waals surface area contributed by atoms with Crippen LogP contribution in [0, 0.1) is 0 Å². The third-order valence-electron chi connectivity index (χ3n) is 4.29. The van der Waals surface area contributed by atoms with Crippen molar-refractivity contribution in [1.82, 2.24) is 15.1 Å². The monoisotopic (exact) mass is 237 g/mol. The largest absolute Gasteiger partial charge is 0.340 e. The summed E-state index contributed by atoms with van der Waals surface area (Å²) >= 11 is 0. The molecule has 4 nitrogen and oxygen atoms in total. The molecule has 0 aromatic rings. The van der Waals surface area contributed by atoms with Crippen LogP contribution in [-0.2, 0) is 4.79 Å². The van der Waals surface area contributed by atoms with Gasteiger partial charge < -0.3 is 10.2 Å². The molecule has 0 aromatic carbocycles. The fourth-order valence-corrected chi connectivity index (χ4v) is 3.05. The van der Waals surface area contributed by atoms with Crippen molar-refractivity contribution in [3.8, 4) is 0 Å². The number of amides is 1. The van der Waals surface area contributed by atoms with Gasteiger partial charge in [0.1, 0.15) is 0 Å². The van der Waals surface area contributed by atoms with E-state index in [1.807, 2.05) is 0 Å². The Morgan fingerprint density at radius 3 is 2.88 bits per heavy atom. The van der Waals surface area contributed by atoms with Gasteiger partial charge in [-0.15, -0.1) is 0 Å². The predicted octanol–water partition coefficient (Wildman–Crippen LogP) is 0.435. The first-order valence-electron chi connectivity index (χ1n) is 7.08. The zero-order valence-corrected chi connectivity index (χ0v) is 10.5. The minimum Gasteiger partial charge on any atom is -0.340 e. The number of carbonyl (C=O) groups is 1. The lowest BCUT2D eigenvalue weighted by atomic mass is 10.1. The molecule has 2 saturated heterocycles. The summed E-state index contributed by atoms with van der Waals surface area (Å²) in [6.07, 6.45) is 5.88. The molecule has 96 valence electrons. The lowest BCUT2D eigenvalue weighted by Crippen LogP contribution is -2.52. The molecule has 2 aliphatic heterocycles. The highest BCUT2D eigenvalue weighted by molar-refractivity contribution is 5.76. The van der Waals surface area contributed by atoms with E-state index in [0.29, 0.717) is 18.4 Å². The van der Waals surface area contributed by atoms with Crippen molar-refractivity contribution in [1.29, 1.82) is 0 Å². The zero-order valence-electron chi connectivity index (χ0n) is 10.5. The lowest BCUT2D eigenvalue weighted by Gasteiger charge is -2.37. The van der Waals surface area contributed by atoms with Crippen molar-refractivity contribution in [3.63, 3.8) is 0 Å². The Hall–Kier alpha value is -0.610. The van der Waals surface area contributed by atoms with Crippen LogP contribution in [0.3, 0.4) is 0 Å². The summed E-state index contributed by atoms with van der Waals surface area (Å²) in [4.78, 5) is 16.7. The number of nitrogens with zero attached hydrogens (tertiary/aromatic N) is 2. The number of hydrogen-bond acceptors (Lipinski definition) is 3. The maximum Gasteiger partial charge on any atom is 0.223 e. The van der Waals surface area contributed by atoms with Crippen molar-refractivity contribution < 1.29 is 4.79 Å². The molecule has 1 amide bonds. The van der Waals surface area contributed by atoms with Gasteiger partial charge in [-0.3, -0.25) is 9.69 Å². The van der Waals surface area contributed by atoms with Gasteiger partial charge >= 0.3 is 0 Å². The topological polar surface area (TPSA) is 35.6 Å². The van der Waals surface area contributed by atoms with Crippen LogP contribution in [0.5, 0.6) is 0 Å². The molecule has 1 aliphatic carbocycles. The molecule has 0 aromatic heterocycles. The second kappa shape index (κ2) is 4.94. The van der Waals surface area contributed by atoms with Crippen LogP contribution >= 0.6 is 0 Å². The SMILES string of the molecule is O=C(CCNC1CC1)N1CCN2CCCC2C1. The maximum absolute atomic E-state index is 12.1. The molecular weight excluding hydrogens is 214 g/mol. The Kier molecular flexibility index (Phi) is 3.34. The summed E-state index contributed by atoms with van der Waals surface area (Å²) in [7, 11) is 0. The Morgan fingerprint density at radius 2 is 2.06 bits per heavy atom. The molecule has 1 saturated carbocycles. The van der Waals surface area contributed by atoms with Crippen LogP contribution in [-0.4, -0.2) is 60.5 Å². The third-order valence-corrected chi connectivity index (χ3v) is 4.29. The maximum atomic E-state index is 12.1. The quantitative estimate of drug-likeness (QED) is 0.770. The summed E-state index contributed by atoms with van der Waals surface area (Å²) in [6.45, 7) is 5.12. The summed E-state index contributed by atoms with van der Waals surface area (Å²) in [5, 5.41) is 3.41. The second-order valence-corrected chi connectivity index (χ2v) is 5.65. The Labute approximate surface area is 103 Å². The fraction of sp³-hybridized carbons (Fsp3) is 0.923. The van der Waals surface area contributed by atoms with E-state index < -0.39 is 0 Å². The molecule has 0 spiro atoms. The van der Waals surface area contributed by atoms with Crippen LogP contribution in [0.4, 0.5) is 0 Å². The first-order chi connectivity index (χ1) is 8.33. The van der Waals surface area contributed by atoms with Gasteiger partial charge in [0.2, 0.25) is 5.91 Å². The standard InChI is InChI=1S/C13H23N3O/c17-13(5-6-14-11-3-4-11)16-9-8-15-7-1-2-12(15)10-16/h11-12,14H,1-10H2. The zero-order chi connectivity index (χ0) is 11.7. The number of piperazine rings is 1. The average molecular weight is 237 g/mol. The van der Waals surface area contributed by atoms with E-state index in [9.17, 15) is 4.79 Å². The molecule has 0 radical (unpaired) electrons. The molecule has 1 unspecified atom stereocenters. The van der Waals surface area contributed by atoms with Crippen molar-refractivity contribution >= 4 is 5.91 Å². The Balaban J connectivity index is 1.41.